The molecule has 1 fully saturated rings. The first kappa shape index (κ1) is 23.3. The van der Waals surface area contributed by atoms with E-state index in [0.717, 1.165) is 42.6 Å². The Morgan fingerprint density at radius 3 is 2.39 bits per heavy atom. The smallest absolute Gasteiger partial charge is 0.243 e. The molecule has 0 saturated heterocycles. The maximum atomic E-state index is 13.3. The van der Waals surface area contributed by atoms with Crippen molar-refractivity contribution >= 4 is 23.6 Å². The number of carbonyl (C=O) groups excluding carboxylic acids is 2. The van der Waals surface area contributed by atoms with Crippen molar-refractivity contribution in [3.8, 4) is 0 Å². The molecule has 166 valence electrons. The van der Waals surface area contributed by atoms with Crippen LogP contribution in [0.25, 0.3) is 0 Å². The van der Waals surface area contributed by atoms with Crippen molar-refractivity contribution in [3.63, 3.8) is 0 Å². The van der Waals surface area contributed by atoms with Crippen molar-refractivity contribution in [2.24, 2.45) is 0 Å². The molecule has 1 unspecified atom stereocenters. The summed E-state index contributed by atoms with van der Waals surface area (Å²) in [5.41, 5.74) is 1.98. The number of nitrogens with one attached hydrogen (secondary N) is 1. The first-order chi connectivity index (χ1) is 15.1. The Labute approximate surface area is 188 Å². The number of hydrogen-bond donors (Lipinski definition) is 1. The van der Waals surface area contributed by atoms with E-state index in [1.54, 1.807) is 28.8 Å². The van der Waals surface area contributed by atoms with Crippen LogP contribution in [-0.2, 0) is 21.9 Å². The zero-order valence-corrected chi connectivity index (χ0v) is 18.9. The molecule has 1 N–H and O–H groups in total. The lowest BCUT2D eigenvalue weighted by atomic mass is 10.1. The Hall–Kier alpha value is -2.34. The van der Waals surface area contributed by atoms with E-state index >= 15 is 0 Å². The van der Waals surface area contributed by atoms with Crippen LogP contribution in [0.4, 0.5) is 4.39 Å². The summed E-state index contributed by atoms with van der Waals surface area (Å²) in [4.78, 5) is 27.9. The van der Waals surface area contributed by atoms with Gasteiger partial charge in [0.15, 0.2) is 0 Å². The second-order valence-electron chi connectivity index (χ2n) is 8.04. The molecule has 0 spiro atoms. The van der Waals surface area contributed by atoms with Crippen LogP contribution in [0.2, 0.25) is 0 Å². The normalized spacial score (nSPS) is 14.9. The van der Waals surface area contributed by atoms with Crippen molar-refractivity contribution in [1.82, 2.24) is 10.2 Å². The van der Waals surface area contributed by atoms with Gasteiger partial charge >= 0.3 is 0 Å². The summed E-state index contributed by atoms with van der Waals surface area (Å²) in [6, 6.07) is 15.8. The van der Waals surface area contributed by atoms with Crippen molar-refractivity contribution in [2.45, 2.75) is 63.4 Å². The molecule has 1 atom stereocenters. The summed E-state index contributed by atoms with van der Waals surface area (Å²) in [5.74, 6) is 0.563. The fourth-order valence-corrected chi connectivity index (χ4v) is 4.86. The van der Waals surface area contributed by atoms with E-state index in [2.05, 4.69) is 5.32 Å². The molecular formula is C25H31FN2O2S. The van der Waals surface area contributed by atoms with Gasteiger partial charge in [-0.25, -0.2) is 4.39 Å². The molecule has 0 bridgehead atoms. The van der Waals surface area contributed by atoms with Crippen molar-refractivity contribution in [2.75, 3.05) is 5.75 Å². The molecule has 2 amide bonds. The van der Waals surface area contributed by atoms with E-state index < -0.39 is 6.04 Å². The number of nitrogens with zero attached hydrogens (tertiary/aromatic N) is 1. The molecule has 0 radical (unpaired) electrons. The van der Waals surface area contributed by atoms with Gasteiger partial charge in [0.05, 0.1) is 5.75 Å². The van der Waals surface area contributed by atoms with Crippen LogP contribution < -0.4 is 5.32 Å². The van der Waals surface area contributed by atoms with Gasteiger partial charge in [-0.3, -0.25) is 9.59 Å². The highest BCUT2D eigenvalue weighted by atomic mass is 32.2. The molecule has 6 heteroatoms. The third-order valence-corrected chi connectivity index (χ3v) is 6.68. The number of carbonyl (C=O) groups is 2. The lowest BCUT2D eigenvalue weighted by Crippen LogP contribution is -2.51. The summed E-state index contributed by atoms with van der Waals surface area (Å²) in [7, 11) is 0. The monoisotopic (exact) mass is 442 g/mol. The van der Waals surface area contributed by atoms with Gasteiger partial charge in [0.1, 0.15) is 11.9 Å². The van der Waals surface area contributed by atoms with Crippen LogP contribution in [-0.4, -0.2) is 34.6 Å². The second-order valence-corrected chi connectivity index (χ2v) is 9.03. The molecule has 31 heavy (non-hydrogen) atoms. The average Bonchev–Trinajstić information content (AvgIpc) is 3.28. The first-order valence-electron chi connectivity index (χ1n) is 11.0. The minimum atomic E-state index is -0.532. The molecule has 2 aromatic carbocycles. The van der Waals surface area contributed by atoms with Gasteiger partial charge in [0.25, 0.3) is 0 Å². The fourth-order valence-electron chi connectivity index (χ4n) is 3.99. The van der Waals surface area contributed by atoms with Gasteiger partial charge in [0, 0.05) is 18.3 Å². The van der Waals surface area contributed by atoms with Gasteiger partial charge in [-0.05, 0) is 42.5 Å². The van der Waals surface area contributed by atoms with E-state index in [4.69, 9.17) is 0 Å². The minimum absolute atomic E-state index is 0.0707. The second kappa shape index (κ2) is 11.9. The molecule has 0 aromatic heterocycles. The molecule has 1 aliphatic rings. The highest BCUT2D eigenvalue weighted by Crippen LogP contribution is 2.20. The van der Waals surface area contributed by atoms with Crippen LogP contribution >= 0.6 is 11.8 Å². The van der Waals surface area contributed by atoms with Crippen LogP contribution in [0.3, 0.4) is 0 Å². The predicted molar refractivity (Wildman–Crippen MR) is 124 cm³/mol. The van der Waals surface area contributed by atoms with E-state index in [1.165, 1.54) is 12.1 Å². The Kier molecular flexibility index (Phi) is 8.95. The van der Waals surface area contributed by atoms with E-state index in [9.17, 15) is 14.0 Å². The highest BCUT2D eigenvalue weighted by molar-refractivity contribution is 7.99. The maximum absolute atomic E-state index is 13.3. The molecular weight excluding hydrogens is 411 g/mol. The van der Waals surface area contributed by atoms with Gasteiger partial charge in [-0.15, -0.1) is 11.8 Å². The van der Waals surface area contributed by atoms with Gasteiger partial charge in [0.2, 0.25) is 11.8 Å². The maximum Gasteiger partial charge on any atom is 0.243 e. The summed E-state index contributed by atoms with van der Waals surface area (Å²) in [6.07, 6.45) is 4.81. The number of rotatable bonds is 10. The Balaban J connectivity index is 1.69. The van der Waals surface area contributed by atoms with E-state index in [1.807, 2.05) is 37.3 Å². The average molecular weight is 443 g/mol. The molecule has 0 aliphatic heterocycles. The summed E-state index contributed by atoms with van der Waals surface area (Å²) in [5, 5.41) is 3.14. The topological polar surface area (TPSA) is 49.4 Å². The van der Waals surface area contributed by atoms with Crippen LogP contribution in [0.5, 0.6) is 0 Å². The van der Waals surface area contributed by atoms with Crippen molar-refractivity contribution in [1.29, 1.82) is 0 Å². The van der Waals surface area contributed by atoms with Gasteiger partial charge in [-0.1, -0.05) is 62.2 Å². The molecule has 3 rings (SSSR count). The Morgan fingerprint density at radius 2 is 1.74 bits per heavy atom. The lowest BCUT2D eigenvalue weighted by molar-refractivity contribution is -0.139. The highest BCUT2D eigenvalue weighted by Gasteiger charge is 2.30. The van der Waals surface area contributed by atoms with Crippen LogP contribution in [0, 0.1) is 5.82 Å². The zero-order chi connectivity index (χ0) is 22.1. The van der Waals surface area contributed by atoms with Gasteiger partial charge < -0.3 is 10.2 Å². The quantitative estimate of drug-likeness (QED) is 0.568. The largest absolute Gasteiger partial charge is 0.352 e. The summed E-state index contributed by atoms with van der Waals surface area (Å²) in [6.45, 7) is 2.22. The SMILES string of the molecule is CCC(C(=O)NC1CCCC1)N(Cc1ccc(F)cc1)C(=O)CSCc1ccccc1. The number of hydrogen-bond acceptors (Lipinski definition) is 3. The molecule has 1 saturated carbocycles. The Morgan fingerprint density at radius 1 is 1.06 bits per heavy atom. The number of thioether (sulfide) groups is 1. The zero-order valence-electron chi connectivity index (χ0n) is 18.1. The summed E-state index contributed by atoms with van der Waals surface area (Å²) < 4.78 is 13.3. The lowest BCUT2D eigenvalue weighted by Gasteiger charge is -2.31. The standard InChI is InChI=1S/C25H31FN2O2S/c1-2-23(25(30)27-22-10-6-7-11-22)28(16-19-12-14-21(26)15-13-19)24(29)18-31-17-20-8-4-3-5-9-20/h3-5,8-9,12-15,22-23H,2,6-7,10-11,16-18H2,1H3,(H,27,30). The Bertz CT molecular complexity index is 838. The number of benzene rings is 2. The van der Waals surface area contributed by atoms with E-state index in [0.29, 0.717) is 18.7 Å². The first-order valence-corrected chi connectivity index (χ1v) is 12.2. The molecule has 1 aliphatic carbocycles. The molecule has 4 nitrogen and oxygen atoms in total. The van der Waals surface area contributed by atoms with Gasteiger partial charge in [-0.2, -0.15) is 0 Å². The fraction of sp³-hybridized carbons (Fsp3) is 0.440. The van der Waals surface area contributed by atoms with Crippen LogP contribution in [0.1, 0.15) is 50.2 Å². The van der Waals surface area contributed by atoms with Crippen molar-refractivity contribution < 1.29 is 14.0 Å². The third kappa shape index (κ3) is 7.10. The summed E-state index contributed by atoms with van der Waals surface area (Å²) >= 11 is 1.55. The molecule has 0 heterocycles. The minimum Gasteiger partial charge on any atom is -0.352 e. The predicted octanol–water partition coefficient (Wildman–Crippen LogP) is 4.93. The number of halogens is 1. The van der Waals surface area contributed by atoms with Crippen LogP contribution in [0.15, 0.2) is 54.6 Å². The van der Waals surface area contributed by atoms with Crippen molar-refractivity contribution in [3.05, 3.63) is 71.5 Å². The van der Waals surface area contributed by atoms with E-state index in [-0.39, 0.29) is 23.7 Å². The third-order valence-electron chi connectivity index (χ3n) is 5.69. The number of amides is 2. The molecule has 2 aromatic rings.